The number of halogens is 4. The van der Waals surface area contributed by atoms with Crippen LogP contribution in [-0.2, 0) is 15.9 Å². The van der Waals surface area contributed by atoms with E-state index in [0.29, 0.717) is 0 Å². The molecule has 2 N–H and O–H groups in total. The van der Waals surface area contributed by atoms with E-state index in [-0.39, 0.29) is 34.3 Å². The highest BCUT2D eigenvalue weighted by atomic mass is 19.4. The summed E-state index contributed by atoms with van der Waals surface area (Å²) < 4.78 is 60.2. The van der Waals surface area contributed by atoms with Crippen LogP contribution in [0.4, 0.5) is 23.4 Å². The van der Waals surface area contributed by atoms with Gasteiger partial charge in [0.1, 0.15) is 17.2 Å². The van der Waals surface area contributed by atoms with Gasteiger partial charge in [-0.2, -0.15) is 4.68 Å². The summed E-state index contributed by atoms with van der Waals surface area (Å²) in [6.07, 6.45) is -4.92. The van der Waals surface area contributed by atoms with E-state index in [0.717, 1.165) is 18.2 Å². The zero-order valence-corrected chi connectivity index (χ0v) is 17.3. The molecule has 0 saturated carbocycles. The van der Waals surface area contributed by atoms with Crippen molar-refractivity contribution in [3.05, 3.63) is 30.1 Å². The Balaban J connectivity index is 1.97. The number of aromatic nitrogens is 2. The van der Waals surface area contributed by atoms with Crippen LogP contribution in [0.5, 0.6) is 5.75 Å². The van der Waals surface area contributed by atoms with Gasteiger partial charge in [0.2, 0.25) is 11.8 Å². The lowest BCUT2D eigenvalue weighted by atomic mass is 9.97. The molecular formula is C20H22F4N4O3. The smallest absolute Gasteiger partial charge is 0.488 e. The Hall–Kier alpha value is -3.11. The second kappa shape index (κ2) is 7.86. The number of rotatable bonds is 4. The van der Waals surface area contributed by atoms with Crippen LogP contribution in [0.25, 0.3) is 11.3 Å². The Bertz CT molecular complexity index is 1010. The third kappa shape index (κ3) is 5.15. The highest BCUT2D eigenvalue weighted by Crippen LogP contribution is 2.34. The quantitative estimate of drug-likeness (QED) is 0.708. The van der Waals surface area contributed by atoms with Crippen molar-refractivity contribution in [2.24, 2.45) is 11.8 Å². The van der Waals surface area contributed by atoms with Gasteiger partial charge in [0.05, 0.1) is 11.6 Å². The lowest BCUT2D eigenvalue weighted by molar-refractivity contribution is -0.210. The summed E-state index contributed by atoms with van der Waals surface area (Å²) in [6.45, 7) is 6.78. The molecule has 2 amide bonds. The van der Waals surface area contributed by atoms with Crippen molar-refractivity contribution in [3.63, 3.8) is 0 Å². The van der Waals surface area contributed by atoms with Crippen LogP contribution in [0.1, 0.15) is 27.7 Å². The zero-order chi connectivity index (χ0) is 23.1. The number of carbonyl (C=O) groups is 2. The molecular weight excluding hydrogens is 420 g/mol. The second-order valence-electron chi connectivity index (χ2n) is 8.31. The van der Waals surface area contributed by atoms with Crippen molar-refractivity contribution in [2.45, 2.75) is 39.6 Å². The minimum atomic E-state index is -4.92. The van der Waals surface area contributed by atoms with E-state index < -0.39 is 41.2 Å². The monoisotopic (exact) mass is 442 g/mol. The molecule has 1 fully saturated rings. The van der Waals surface area contributed by atoms with Crippen LogP contribution in [-0.4, -0.2) is 33.7 Å². The van der Waals surface area contributed by atoms with Crippen LogP contribution in [0.3, 0.4) is 0 Å². The van der Waals surface area contributed by atoms with Crippen LogP contribution in [0.2, 0.25) is 0 Å². The molecule has 1 aliphatic heterocycles. The van der Waals surface area contributed by atoms with E-state index in [2.05, 4.69) is 15.7 Å². The number of benzene rings is 1. The molecule has 1 aromatic carbocycles. The first kappa shape index (κ1) is 22.6. The van der Waals surface area contributed by atoms with Gasteiger partial charge < -0.3 is 15.4 Å². The number of carbonyl (C=O) groups excluding carboxylic acids is 2. The van der Waals surface area contributed by atoms with E-state index in [1.165, 1.54) is 6.07 Å². The van der Waals surface area contributed by atoms with Gasteiger partial charge in [0.15, 0.2) is 5.82 Å². The lowest BCUT2D eigenvalue weighted by Gasteiger charge is -2.22. The molecule has 0 aliphatic carbocycles. The average Bonchev–Trinajstić information content (AvgIpc) is 3.17. The van der Waals surface area contributed by atoms with Crippen molar-refractivity contribution in [3.8, 4) is 17.0 Å². The molecule has 3 rings (SSSR count). The van der Waals surface area contributed by atoms with Gasteiger partial charge in [-0.1, -0.05) is 6.92 Å². The molecule has 0 bridgehead atoms. The van der Waals surface area contributed by atoms with E-state index in [9.17, 15) is 27.2 Å². The minimum absolute atomic E-state index is 0.0485. The predicted molar refractivity (Wildman–Crippen MR) is 104 cm³/mol. The molecule has 0 spiro atoms. The van der Waals surface area contributed by atoms with Crippen LogP contribution < -0.4 is 15.4 Å². The average molecular weight is 442 g/mol. The number of anilines is 1. The van der Waals surface area contributed by atoms with Gasteiger partial charge in [-0.15, -0.1) is 18.3 Å². The number of nitrogens with one attached hydrogen (secondary N) is 2. The SMILES string of the molecule is CC1C(=O)NCC1C(=O)Nc1cc(-c2cc(F)cc(OC(C)(C)C)c2)n(C(F)(F)F)n1. The molecule has 1 saturated heterocycles. The number of hydrogen-bond donors (Lipinski definition) is 2. The molecule has 1 aliphatic rings. The Morgan fingerprint density at radius 1 is 1.23 bits per heavy atom. The Morgan fingerprint density at radius 2 is 1.90 bits per heavy atom. The van der Waals surface area contributed by atoms with E-state index >= 15 is 0 Å². The summed E-state index contributed by atoms with van der Waals surface area (Å²) in [7, 11) is 0. The zero-order valence-electron chi connectivity index (χ0n) is 17.3. The molecule has 2 unspecified atom stereocenters. The molecule has 2 aromatic rings. The third-order valence-electron chi connectivity index (χ3n) is 4.64. The number of amides is 2. The first-order valence-corrected chi connectivity index (χ1v) is 9.50. The Kier molecular flexibility index (Phi) is 5.72. The third-order valence-corrected chi connectivity index (χ3v) is 4.64. The van der Waals surface area contributed by atoms with Crippen LogP contribution in [0.15, 0.2) is 24.3 Å². The van der Waals surface area contributed by atoms with E-state index in [1.54, 1.807) is 27.7 Å². The Morgan fingerprint density at radius 3 is 2.45 bits per heavy atom. The Labute approximate surface area is 175 Å². The summed E-state index contributed by atoms with van der Waals surface area (Å²) in [4.78, 5) is 24.0. The van der Waals surface area contributed by atoms with Gasteiger partial charge in [0, 0.05) is 30.2 Å². The fourth-order valence-corrected chi connectivity index (χ4v) is 3.23. The lowest BCUT2D eigenvalue weighted by Crippen LogP contribution is -2.28. The maximum absolute atomic E-state index is 14.1. The maximum Gasteiger partial charge on any atom is 0.505 e. The number of alkyl halides is 3. The summed E-state index contributed by atoms with van der Waals surface area (Å²) in [5, 5.41) is 8.28. The molecule has 1 aromatic heterocycles. The van der Waals surface area contributed by atoms with Gasteiger partial charge in [0.25, 0.3) is 0 Å². The topological polar surface area (TPSA) is 85.3 Å². The number of ether oxygens (including phenoxy) is 1. The van der Waals surface area contributed by atoms with Gasteiger partial charge in [-0.25, -0.2) is 4.39 Å². The number of hydrogen-bond acceptors (Lipinski definition) is 4. The van der Waals surface area contributed by atoms with Crippen molar-refractivity contribution in [1.29, 1.82) is 0 Å². The van der Waals surface area contributed by atoms with Crippen molar-refractivity contribution >= 4 is 17.6 Å². The van der Waals surface area contributed by atoms with Gasteiger partial charge >= 0.3 is 6.30 Å². The van der Waals surface area contributed by atoms with Gasteiger partial charge in [-0.3, -0.25) is 9.59 Å². The summed E-state index contributed by atoms with van der Waals surface area (Å²) in [6, 6.07) is 4.25. The molecule has 2 atom stereocenters. The summed E-state index contributed by atoms with van der Waals surface area (Å²) >= 11 is 0. The summed E-state index contributed by atoms with van der Waals surface area (Å²) in [5.41, 5.74) is -1.30. The van der Waals surface area contributed by atoms with Crippen molar-refractivity contribution in [2.75, 3.05) is 11.9 Å². The molecule has 0 radical (unpaired) electrons. The highest BCUT2D eigenvalue weighted by molar-refractivity contribution is 5.97. The number of nitrogens with zero attached hydrogens (tertiary/aromatic N) is 2. The molecule has 31 heavy (non-hydrogen) atoms. The fourth-order valence-electron chi connectivity index (χ4n) is 3.23. The molecule has 11 heteroatoms. The first-order chi connectivity index (χ1) is 14.2. The largest absolute Gasteiger partial charge is 0.505 e. The highest BCUT2D eigenvalue weighted by Gasteiger charge is 2.38. The fraction of sp³-hybridized carbons (Fsp3) is 0.450. The van der Waals surface area contributed by atoms with E-state index in [1.807, 2.05) is 0 Å². The second-order valence-corrected chi connectivity index (χ2v) is 8.31. The molecule has 168 valence electrons. The van der Waals surface area contributed by atoms with Crippen LogP contribution in [0, 0.1) is 17.7 Å². The predicted octanol–water partition coefficient (Wildman–Crippen LogP) is 3.66. The maximum atomic E-state index is 14.1. The van der Waals surface area contributed by atoms with E-state index in [4.69, 9.17) is 4.74 Å². The molecule has 7 nitrogen and oxygen atoms in total. The van der Waals surface area contributed by atoms with Crippen molar-refractivity contribution in [1.82, 2.24) is 15.1 Å². The molecule has 2 heterocycles. The van der Waals surface area contributed by atoms with Crippen molar-refractivity contribution < 1.29 is 31.9 Å². The standard InChI is InChI=1S/C20H22F4N4O3/c1-10-14(9-25-17(10)29)18(30)26-16-8-15(28(27-16)20(22,23)24)11-5-12(21)7-13(6-11)31-19(2,3)4/h5-8,10,14H,9H2,1-4H3,(H,25,29)(H,26,27,30). The normalized spacial score (nSPS) is 19.3. The minimum Gasteiger partial charge on any atom is -0.488 e. The summed E-state index contributed by atoms with van der Waals surface area (Å²) in [5.74, 6) is -3.43. The first-order valence-electron chi connectivity index (χ1n) is 9.50. The van der Waals surface area contributed by atoms with Gasteiger partial charge in [-0.05, 0) is 32.9 Å². The van der Waals surface area contributed by atoms with Crippen LogP contribution >= 0.6 is 0 Å².